The Kier molecular flexibility index (Phi) is 6.20. The minimum atomic E-state index is -3.56. The number of aryl methyl sites for hydroxylation is 3. The second-order valence-corrected chi connectivity index (χ2v) is 8.45. The molecular formula is C18H26N4O3S. The summed E-state index contributed by atoms with van der Waals surface area (Å²) < 4.78 is 27.6. The number of aromatic nitrogens is 2. The molecule has 0 fully saturated rings. The number of amides is 1. The van der Waals surface area contributed by atoms with Crippen molar-refractivity contribution in [2.45, 2.75) is 45.1 Å². The van der Waals surface area contributed by atoms with Crippen LogP contribution in [-0.4, -0.2) is 42.5 Å². The summed E-state index contributed by atoms with van der Waals surface area (Å²) in [6.45, 7) is 5.76. The highest BCUT2D eigenvalue weighted by Gasteiger charge is 2.26. The Hall–Kier alpha value is -2.19. The minimum absolute atomic E-state index is 0.140. The predicted octanol–water partition coefficient (Wildman–Crippen LogP) is 2.34. The Morgan fingerprint density at radius 2 is 1.81 bits per heavy atom. The van der Waals surface area contributed by atoms with E-state index in [2.05, 4.69) is 17.3 Å². The highest BCUT2D eigenvalue weighted by atomic mass is 32.2. The Bertz CT molecular complexity index is 884. The lowest BCUT2D eigenvalue weighted by atomic mass is 10.1. The predicted molar refractivity (Wildman–Crippen MR) is 102 cm³/mol. The van der Waals surface area contributed by atoms with Crippen LogP contribution in [0, 0.1) is 13.8 Å². The first-order valence-corrected chi connectivity index (χ1v) is 9.96. The normalized spacial score (nSPS) is 11.8. The molecule has 0 atom stereocenters. The summed E-state index contributed by atoms with van der Waals surface area (Å²) in [4.78, 5) is 12.4. The maximum absolute atomic E-state index is 12.4. The third-order valence-corrected chi connectivity index (χ3v) is 6.32. The van der Waals surface area contributed by atoms with Crippen LogP contribution in [0.3, 0.4) is 0 Å². The van der Waals surface area contributed by atoms with Crippen LogP contribution in [0.4, 0.5) is 5.69 Å². The van der Waals surface area contributed by atoms with Crippen LogP contribution < -0.4 is 5.32 Å². The molecule has 0 unspecified atom stereocenters. The van der Waals surface area contributed by atoms with E-state index in [9.17, 15) is 13.2 Å². The van der Waals surface area contributed by atoms with E-state index in [1.165, 1.54) is 24.0 Å². The molecule has 26 heavy (non-hydrogen) atoms. The van der Waals surface area contributed by atoms with E-state index in [4.69, 9.17) is 0 Å². The highest BCUT2D eigenvalue weighted by Crippen LogP contribution is 2.22. The average Bonchev–Trinajstić information content (AvgIpc) is 2.87. The zero-order chi connectivity index (χ0) is 19.5. The summed E-state index contributed by atoms with van der Waals surface area (Å²) in [6, 6.07) is 7.72. The molecule has 0 saturated heterocycles. The van der Waals surface area contributed by atoms with Crippen molar-refractivity contribution in [3.05, 3.63) is 41.2 Å². The number of sulfonamides is 1. The van der Waals surface area contributed by atoms with E-state index >= 15 is 0 Å². The monoisotopic (exact) mass is 378 g/mol. The van der Waals surface area contributed by atoms with Crippen LogP contribution in [0.2, 0.25) is 0 Å². The molecular weight excluding hydrogens is 352 g/mol. The molecule has 0 saturated carbocycles. The molecule has 1 N–H and O–H groups in total. The zero-order valence-corrected chi connectivity index (χ0v) is 16.7. The SMILES string of the molecule is CCc1ccc(NC(=O)CCn2nc(C)c(S(=O)(=O)N(C)C)c2C)cc1. The van der Waals surface area contributed by atoms with Crippen LogP contribution in [-0.2, 0) is 27.8 Å². The standard InChI is InChI=1S/C18H26N4O3S/c1-6-15-7-9-16(10-8-15)19-17(23)11-12-22-14(3)18(13(2)20-22)26(24,25)21(4)5/h7-10H,6,11-12H2,1-5H3,(H,19,23). The second kappa shape index (κ2) is 8.01. The molecule has 0 aliphatic heterocycles. The Morgan fingerprint density at radius 3 is 2.35 bits per heavy atom. The van der Waals surface area contributed by atoms with E-state index in [0.717, 1.165) is 12.1 Å². The van der Waals surface area contributed by atoms with Gasteiger partial charge in [-0.05, 0) is 38.0 Å². The Morgan fingerprint density at radius 1 is 1.19 bits per heavy atom. The van der Waals surface area contributed by atoms with Gasteiger partial charge < -0.3 is 5.32 Å². The fraction of sp³-hybridized carbons (Fsp3) is 0.444. The van der Waals surface area contributed by atoms with Crippen LogP contribution in [0.25, 0.3) is 0 Å². The summed E-state index contributed by atoms with van der Waals surface area (Å²) in [6.07, 6.45) is 1.16. The molecule has 0 radical (unpaired) electrons. The van der Waals surface area contributed by atoms with Gasteiger partial charge in [0.1, 0.15) is 4.90 Å². The van der Waals surface area contributed by atoms with Gasteiger partial charge in [-0.25, -0.2) is 12.7 Å². The molecule has 1 heterocycles. The van der Waals surface area contributed by atoms with Gasteiger partial charge in [-0.3, -0.25) is 9.48 Å². The Labute approximate surface area is 155 Å². The van der Waals surface area contributed by atoms with Crippen LogP contribution in [0.1, 0.15) is 30.3 Å². The molecule has 2 aromatic rings. The van der Waals surface area contributed by atoms with Gasteiger partial charge >= 0.3 is 0 Å². The van der Waals surface area contributed by atoms with Crippen molar-refractivity contribution in [2.75, 3.05) is 19.4 Å². The molecule has 1 amide bonds. The number of hydrogen-bond acceptors (Lipinski definition) is 4. The molecule has 0 aliphatic carbocycles. The fourth-order valence-electron chi connectivity index (χ4n) is 2.71. The van der Waals surface area contributed by atoms with Gasteiger partial charge in [0.2, 0.25) is 15.9 Å². The number of carbonyl (C=O) groups excluding carboxylic acids is 1. The molecule has 7 nitrogen and oxygen atoms in total. The van der Waals surface area contributed by atoms with E-state index in [1.54, 1.807) is 18.5 Å². The van der Waals surface area contributed by atoms with Gasteiger partial charge in [-0.1, -0.05) is 19.1 Å². The van der Waals surface area contributed by atoms with Gasteiger partial charge in [-0.15, -0.1) is 0 Å². The number of carbonyl (C=O) groups is 1. The van der Waals surface area contributed by atoms with Crippen molar-refractivity contribution in [2.24, 2.45) is 0 Å². The van der Waals surface area contributed by atoms with Gasteiger partial charge in [0.05, 0.1) is 17.9 Å². The summed E-state index contributed by atoms with van der Waals surface area (Å²) >= 11 is 0. The van der Waals surface area contributed by atoms with E-state index < -0.39 is 10.0 Å². The molecule has 8 heteroatoms. The van der Waals surface area contributed by atoms with Crippen LogP contribution in [0.15, 0.2) is 29.2 Å². The summed E-state index contributed by atoms with van der Waals surface area (Å²) in [7, 11) is -0.584. The van der Waals surface area contributed by atoms with Crippen molar-refractivity contribution < 1.29 is 13.2 Å². The topological polar surface area (TPSA) is 84.3 Å². The number of rotatable bonds is 7. The second-order valence-electron chi connectivity index (χ2n) is 6.36. The quantitative estimate of drug-likeness (QED) is 0.801. The average molecular weight is 378 g/mol. The first-order chi connectivity index (χ1) is 12.2. The number of benzene rings is 1. The van der Waals surface area contributed by atoms with E-state index in [-0.39, 0.29) is 17.2 Å². The lowest BCUT2D eigenvalue weighted by Gasteiger charge is -2.12. The maximum atomic E-state index is 12.4. The van der Waals surface area contributed by atoms with Crippen molar-refractivity contribution >= 4 is 21.6 Å². The number of anilines is 1. The largest absolute Gasteiger partial charge is 0.326 e. The van der Waals surface area contributed by atoms with Crippen LogP contribution >= 0.6 is 0 Å². The van der Waals surface area contributed by atoms with Gasteiger partial charge in [0, 0.05) is 26.2 Å². The minimum Gasteiger partial charge on any atom is -0.326 e. The fourth-order valence-corrected chi connectivity index (χ4v) is 3.97. The molecule has 1 aromatic heterocycles. The zero-order valence-electron chi connectivity index (χ0n) is 15.9. The van der Waals surface area contributed by atoms with Gasteiger partial charge in [0.15, 0.2) is 0 Å². The molecule has 0 bridgehead atoms. The first kappa shape index (κ1) is 20.1. The third kappa shape index (κ3) is 4.31. The van der Waals surface area contributed by atoms with E-state index in [0.29, 0.717) is 17.9 Å². The molecule has 0 aliphatic rings. The van der Waals surface area contributed by atoms with Crippen molar-refractivity contribution in [3.8, 4) is 0 Å². The number of nitrogens with one attached hydrogen (secondary N) is 1. The third-order valence-electron chi connectivity index (χ3n) is 4.25. The highest BCUT2D eigenvalue weighted by molar-refractivity contribution is 7.89. The number of nitrogens with zero attached hydrogens (tertiary/aromatic N) is 3. The molecule has 142 valence electrons. The smallest absolute Gasteiger partial charge is 0.246 e. The maximum Gasteiger partial charge on any atom is 0.246 e. The molecule has 0 spiro atoms. The van der Waals surface area contributed by atoms with Crippen LogP contribution in [0.5, 0.6) is 0 Å². The van der Waals surface area contributed by atoms with Crippen molar-refractivity contribution in [1.29, 1.82) is 0 Å². The van der Waals surface area contributed by atoms with Crippen molar-refractivity contribution in [3.63, 3.8) is 0 Å². The van der Waals surface area contributed by atoms with E-state index in [1.807, 2.05) is 24.3 Å². The summed E-state index contributed by atoms with van der Waals surface area (Å²) in [5.74, 6) is -0.140. The lowest BCUT2D eigenvalue weighted by molar-refractivity contribution is -0.116. The Balaban J connectivity index is 2.06. The summed E-state index contributed by atoms with van der Waals surface area (Å²) in [5, 5.41) is 7.14. The molecule has 2 rings (SSSR count). The lowest BCUT2D eigenvalue weighted by Crippen LogP contribution is -2.23. The van der Waals surface area contributed by atoms with Gasteiger partial charge in [-0.2, -0.15) is 5.10 Å². The summed E-state index contributed by atoms with van der Waals surface area (Å²) in [5.41, 5.74) is 2.93. The van der Waals surface area contributed by atoms with Crippen molar-refractivity contribution in [1.82, 2.24) is 14.1 Å². The van der Waals surface area contributed by atoms with Gasteiger partial charge in [0.25, 0.3) is 0 Å². The molecule has 1 aromatic carbocycles. The number of hydrogen-bond donors (Lipinski definition) is 1. The first-order valence-electron chi connectivity index (χ1n) is 8.52.